The van der Waals surface area contributed by atoms with Gasteiger partial charge in [0.25, 0.3) is 5.19 Å². The number of fused-ring (bicyclic) bond motifs is 1. The third kappa shape index (κ3) is 4.83. The summed E-state index contributed by atoms with van der Waals surface area (Å²) in [6, 6.07) is 23.1. The summed E-state index contributed by atoms with van der Waals surface area (Å²) in [5.74, 6) is 0.816. The van der Waals surface area contributed by atoms with Crippen molar-refractivity contribution < 1.29 is 4.74 Å². The first-order chi connectivity index (χ1) is 14.8. The van der Waals surface area contributed by atoms with Crippen LogP contribution >= 0.6 is 23.1 Å². The Kier molecular flexibility index (Phi) is 5.97. The van der Waals surface area contributed by atoms with Gasteiger partial charge in [-0.3, -0.25) is 4.90 Å². The molecule has 30 heavy (non-hydrogen) atoms. The molecule has 0 radical (unpaired) electrons. The van der Waals surface area contributed by atoms with Gasteiger partial charge in [0.1, 0.15) is 5.75 Å². The molecule has 152 valence electrons. The number of ether oxygens (including phenoxy) is 1. The monoisotopic (exact) mass is 433 g/mol. The second kappa shape index (κ2) is 9.16. The highest BCUT2D eigenvalue weighted by atomic mass is 32.2. The molecule has 0 amide bonds. The molecule has 4 nitrogen and oxygen atoms in total. The fourth-order valence-corrected chi connectivity index (χ4v) is 5.63. The molecule has 2 aromatic heterocycles. The van der Waals surface area contributed by atoms with Gasteiger partial charge in [-0.05, 0) is 67.9 Å². The van der Waals surface area contributed by atoms with E-state index in [-0.39, 0.29) is 0 Å². The number of piperidine rings is 1. The highest BCUT2D eigenvalue weighted by Gasteiger charge is 2.20. The number of nitrogens with zero attached hydrogens (tertiary/aromatic N) is 3. The third-order valence-corrected chi connectivity index (χ3v) is 7.50. The van der Waals surface area contributed by atoms with Crippen LogP contribution in [0, 0.1) is 0 Å². The Balaban J connectivity index is 1.13. The number of likely N-dealkylation sites (tertiary alicyclic amines) is 1. The van der Waals surface area contributed by atoms with Crippen molar-refractivity contribution in [3.63, 3.8) is 0 Å². The summed E-state index contributed by atoms with van der Waals surface area (Å²) in [7, 11) is 0. The Morgan fingerprint density at radius 3 is 2.53 bits per heavy atom. The van der Waals surface area contributed by atoms with Crippen molar-refractivity contribution in [2.75, 3.05) is 13.1 Å². The van der Waals surface area contributed by atoms with E-state index in [9.17, 15) is 0 Å². The molecule has 3 heterocycles. The van der Waals surface area contributed by atoms with Crippen LogP contribution in [0.2, 0.25) is 0 Å². The molecule has 0 atom stereocenters. The summed E-state index contributed by atoms with van der Waals surface area (Å²) in [5.41, 5.74) is 2.06. The first-order valence-electron chi connectivity index (χ1n) is 10.2. The Labute approximate surface area is 184 Å². The molecule has 1 aliphatic heterocycles. The van der Waals surface area contributed by atoms with Crippen LogP contribution in [0.4, 0.5) is 0 Å². The standard InChI is InChI=1S/C24H23N3OS2/c1-2-5-20(6-3-1)29-21-12-15-27(16-13-21)17-18-8-10-19(11-9-18)28-24-26-23-22(30-24)7-4-14-25-23/h1-11,14,21H,12-13,15-17H2. The zero-order chi connectivity index (χ0) is 20.2. The first-order valence-corrected chi connectivity index (χ1v) is 11.9. The molecule has 0 saturated carbocycles. The Morgan fingerprint density at radius 1 is 0.967 bits per heavy atom. The molecule has 0 spiro atoms. The van der Waals surface area contributed by atoms with E-state index >= 15 is 0 Å². The van der Waals surface area contributed by atoms with Gasteiger partial charge in [0.2, 0.25) is 0 Å². The minimum Gasteiger partial charge on any atom is -0.431 e. The van der Waals surface area contributed by atoms with Gasteiger partial charge in [-0.1, -0.05) is 41.7 Å². The van der Waals surface area contributed by atoms with Crippen LogP contribution in [0.25, 0.3) is 10.3 Å². The molecule has 1 saturated heterocycles. The van der Waals surface area contributed by atoms with Crippen molar-refractivity contribution in [3.05, 3.63) is 78.5 Å². The quantitative estimate of drug-likeness (QED) is 0.360. The predicted octanol–water partition coefficient (Wildman–Crippen LogP) is 6.24. The summed E-state index contributed by atoms with van der Waals surface area (Å²) in [6.45, 7) is 3.30. The number of rotatable bonds is 6. The van der Waals surface area contributed by atoms with E-state index in [1.807, 2.05) is 36.0 Å². The van der Waals surface area contributed by atoms with Gasteiger partial charge in [-0.15, -0.1) is 11.8 Å². The SMILES string of the molecule is c1ccc(SC2CCN(Cc3ccc(Oc4nc5ncccc5s4)cc3)CC2)cc1. The largest absolute Gasteiger partial charge is 0.431 e. The summed E-state index contributed by atoms with van der Waals surface area (Å²) in [6.07, 6.45) is 4.24. The van der Waals surface area contributed by atoms with Crippen LogP contribution < -0.4 is 4.74 Å². The molecule has 1 fully saturated rings. The molecule has 6 heteroatoms. The van der Waals surface area contributed by atoms with E-state index in [1.54, 1.807) is 6.20 Å². The number of thioether (sulfide) groups is 1. The van der Waals surface area contributed by atoms with Gasteiger partial charge in [-0.25, -0.2) is 4.98 Å². The molecule has 0 N–H and O–H groups in total. The van der Waals surface area contributed by atoms with Gasteiger partial charge in [0, 0.05) is 22.9 Å². The van der Waals surface area contributed by atoms with E-state index in [2.05, 4.69) is 57.3 Å². The van der Waals surface area contributed by atoms with Crippen LogP contribution in [0.1, 0.15) is 18.4 Å². The molecule has 5 rings (SSSR count). The van der Waals surface area contributed by atoms with Crippen LogP contribution in [0.15, 0.2) is 77.8 Å². The van der Waals surface area contributed by atoms with Crippen LogP contribution in [-0.2, 0) is 6.54 Å². The molecule has 0 unspecified atom stereocenters. The van der Waals surface area contributed by atoms with Gasteiger partial charge >= 0.3 is 0 Å². The zero-order valence-corrected chi connectivity index (χ0v) is 18.2. The van der Waals surface area contributed by atoms with E-state index in [1.165, 1.54) is 34.6 Å². The van der Waals surface area contributed by atoms with E-state index in [0.717, 1.165) is 41.0 Å². The molecular weight excluding hydrogens is 410 g/mol. The fraction of sp³-hybridized carbons (Fsp3) is 0.250. The molecular formula is C24H23N3OS2. The lowest BCUT2D eigenvalue weighted by molar-refractivity contribution is 0.225. The summed E-state index contributed by atoms with van der Waals surface area (Å²) >= 11 is 3.54. The van der Waals surface area contributed by atoms with Gasteiger partial charge < -0.3 is 4.74 Å². The maximum Gasteiger partial charge on any atom is 0.281 e. The van der Waals surface area contributed by atoms with Crippen LogP contribution in [-0.4, -0.2) is 33.2 Å². The maximum absolute atomic E-state index is 5.93. The van der Waals surface area contributed by atoms with Crippen LogP contribution in [0.3, 0.4) is 0 Å². The van der Waals surface area contributed by atoms with Crippen molar-refractivity contribution >= 4 is 33.4 Å². The minimum absolute atomic E-state index is 0.634. The van der Waals surface area contributed by atoms with Crippen molar-refractivity contribution in [1.29, 1.82) is 0 Å². The maximum atomic E-state index is 5.93. The van der Waals surface area contributed by atoms with Gasteiger partial charge in [0.15, 0.2) is 5.65 Å². The number of pyridine rings is 1. The number of thiazole rings is 1. The molecule has 1 aliphatic rings. The lowest BCUT2D eigenvalue weighted by atomic mass is 10.1. The van der Waals surface area contributed by atoms with Gasteiger partial charge in [-0.2, -0.15) is 4.98 Å². The van der Waals surface area contributed by atoms with Crippen molar-refractivity contribution in [1.82, 2.24) is 14.9 Å². The Bertz CT molecular complexity index is 1060. The second-order valence-corrected chi connectivity index (χ2v) is 9.82. The van der Waals surface area contributed by atoms with E-state index in [0.29, 0.717) is 5.19 Å². The van der Waals surface area contributed by atoms with Gasteiger partial charge in [0.05, 0.1) is 4.70 Å². The molecule has 2 aromatic carbocycles. The number of hydrogen-bond donors (Lipinski definition) is 0. The Morgan fingerprint density at radius 2 is 1.77 bits per heavy atom. The normalized spacial score (nSPS) is 15.5. The lowest BCUT2D eigenvalue weighted by Gasteiger charge is -2.31. The summed E-state index contributed by atoms with van der Waals surface area (Å²) in [4.78, 5) is 12.6. The average molecular weight is 434 g/mol. The topological polar surface area (TPSA) is 38.2 Å². The smallest absolute Gasteiger partial charge is 0.281 e. The summed E-state index contributed by atoms with van der Waals surface area (Å²) in [5, 5.41) is 1.36. The first kappa shape index (κ1) is 19.5. The van der Waals surface area contributed by atoms with E-state index in [4.69, 9.17) is 4.74 Å². The lowest BCUT2D eigenvalue weighted by Crippen LogP contribution is -2.34. The Hall–Kier alpha value is -2.41. The van der Waals surface area contributed by atoms with Crippen molar-refractivity contribution in [2.45, 2.75) is 29.5 Å². The minimum atomic E-state index is 0.634. The van der Waals surface area contributed by atoms with Crippen molar-refractivity contribution in [3.8, 4) is 10.9 Å². The molecule has 0 aliphatic carbocycles. The fourth-order valence-electron chi connectivity index (χ4n) is 3.69. The second-order valence-electron chi connectivity index (χ2n) is 7.46. The third-order valence-electron chi connectivity index (χ3n) is 5.26. The average Bonchev–Trinajstić information content (AvgIpc) is 3.19. The number of hydrogen-bond acceptors (Lipinski definition) is 6. The summed E-state index contributed by atoms with van der Waals surface area (Å²) < 4.78 is 6.97. The molecule has 4 aromatic rings. The number of aromatic nitrogens is 2. The highest BCUT2D eigenvalue weighted by Crippen LogP contribution is 2.32. The van der Waals surface area contributed by atoms with Crippen LogP contribution in [0.5, 0.6) is 10.9 Å². The highest BCUT2D eigenvalue weighted by molar-refractivity contribution is 8.00. The van der Waals surface area contributed by atoms with Crippen molar-refractivity contribution in [2.24, 2.45) is 0 Å². The number of benzene rings is 2. The zero-order valence-electron chi connectivity index (χ0n) is 16.6. The molecule has 0 bridgehead atoms. The van der Waals surface area contributed by atoms with E-state index < -0.39 is 0 Å². The predicted molar refractivity (Wildman–Crippen MR) is 125 cm³/mol.